The van der Waals surface area contributed by atoms with Crippen LogP contribution in [0.3, 0.4) is 0 Å². The average molecular weight is 295 g/mol. The Labute approximate surface area is 119 Å². The molecule has 112 valence electrons. The highest BCUT2D eigenvalue weighted by Gasteiger charge is 2.23. The molecule has 8 heteroatoms. The molecule has 0 heterocycles. The molecule has 0 spiro atoms. The van der Waals surface area contributed by atoms with Crippen LogP contribution in [0.25, 0.3) is 0 Å². The van der Waals surface area contributed by atoms with Gasteiger partial charge in [-0.15, -0.1) is 0 Å². The topological polar surface area (TPSA) is 108 Å². The number of carboxylic acid groups (broad SMARTS) is 1. The van der Waals surface area contributed by atoms with E-state index in [4.69, 9.17) is 5.11 Å². The maximum absolute atomic E-state index is 13.5. The van der Waals surface area contributed by atoms with Crippen molar-refractivity contribution >= 4 is 23.6 Å². The van der Waals surface area contributed by atoms with Crippen molar-refractivity contribution in [3.8, 4) is 0 Å². The molecule has 1 fully saturated rings. The van der Waals surface area contributed by atoms with Crippen LogP contribution in [0.4, 0.5) is 14.9 Å². The number of hydrogen-bond acceptors (Lipinski definition) is 3. The summed E-state index contributed by atoms with van der Waals surface area (Å²) < 4.78 is 13.5. The highest BCUT2D eigenvalue weighted by molar-refractivity contribution is 5.94. The third-order valence-electron chi connectivity index (χ3n) is 2.81. The summed E-state index contributed by atoms with van der Waals surface area (Å²) in [4.78, 5) is 33.7. The first kappa shape index (κ1) is 14.8. The van der Waals surface area contributed by atoms with Crippen molar-refractivity contribution in [1.82, 2.24) is 10.6 Å². The molecule has 2 rings (SSSR count). The third kappa shape index (κ3) is 4.44. The lowest BCUT2D eigenvalue weighted by Crippen LogP contribution is -2.39. The fraction of sp³-hybridized carbons (Fsp3) is 0.308. The second-order valence-electron chi connectivity index (χ2n) is 4.65. The number of benzene rings is 1. The lowest BCUT2D eigenvalue weighted by Gasteiger charge is -2.09. The van der Waals surface area contributed by atoms with Gasteiger partial charge in [0.2, 0.25) is 5.91 Å². The number of anilines is 1. The van der Waals surface area contributed by atoms with Gasteiger partial charge in [0.05, 0.1) is 17.8 Å². The van der Waals surface area contributed by atoms with E-state index in [1.807, 2.05) is 0 Å². The maximum atomic E-state index is 13.5. The molecule has 1 aliphatic carbocycles. The summed E-state index contributed by atoms with van der Waals surface area (Å²) in [5.74, 6) is -2.33. The summed E-state index contributed by atoms with van der Waals surface area (Å²) in [6.07, 6.45) is 1.87. The summed E-state index contributed by atoms with van der Waals surface area (Å²) in [7, 11) is 0. The molecule has 0 unspecified atom stereocenters. The van der Waals surface area contributed by atoms with E-state index in [0.717, 1.165) is 31.0 Å². The molecule has 21 heavy (non-hydrogen) atoms. The summed E-state index contributed by atoms with van der Waals surface area (Å²) in [6, 6.07) is 2.43. The van der Waals surface area contributed by atoms with Gasteiger partial charge < -0.3 is 21.1 Å². The Balaban J connectivity index is 1.87. The summed E-state index contributed by atoms with van der Waals surface area (Å²) in [5.41, 5.74) is -0.423. The Bertz CT molecular complexity index is 587. The molecule has 0 saturated heterocycles. The predicted octanol–water partition coefficient (Wildman–Crippen LogP) is 0.924. The monoisotopic (exact) mass is 295 g/mol. The molecule has 1 aliphatic rings. The van der Waals surface area contributed by atoms with Gasteiger partial charge in [-0.25, -0.2) is 14.0 Å². The standard InChI is InChI=1S/C13H14FN3O4/c14-9-4-1-7(12(19)20)5-10(9)17-13(21)15-6-11(18)16-8-2-3-8/h1,4-5,8H,2-3,6H2,(H,16,18)(H,19,20)(H2,15,17,21). The van der Waals surface area contributed by atoms with E-state index < -0.39 is 17.8 Å². The van der Waals surface area contributed by atoms with E-state index in [2.05, 4.69) is 16.0 Å². The van der Waals surface area contributed by atoms with E-state index in [0.29, 0.717) is 0 Å². The van der Waals surface area contributed by atoms with Gasteiger partial charge in [0.15, 0.2) is 0 Å². The zero-order chi connectivity index (χ0) is 15.4. The van der Waals surface area contributed by atoms with Crippen molar-refractivity contribution in [2.24, 2.45) is 0 Å². The number of carbonyl (C=O) groups is 3. The second-order valence-corrected chi connectivity index (χ2v) is 4.65. The Kier molecular flexibility index (Phi) is 4.36. The number of hydrogen-bond donors (Lipinski definition) is 4. The molecular formula is C13H14FN3O4. The third-order valence-corrected chi connectivity index (χ3v) is 2.81. The predicted molar refractivity (Wildman–Crippen MR) is 71.5 cm³/mol. The first-order chi connectivity index (χ1) is 9.95. The smallest absolute Gasteiger partial charge is 0.335 e. The zero-order valence-electron chi connectivity index (χ0n) is 11.0. The van der Waals surface area contributed by atoms with Gasteiger partial charge in [-0.2, -0.15) is 0 Å². The molecule has 1 saturated carbocycles. The summed E-state index contributed by atoms with van der Waals surface area (Å²) in [5, 5.41) is 15.9. The minimum absolute atomic E-state index is 0.154. The fourth-order valence-corrected chi connectivity index (χ4v) is 1.59. The van der Waals surface area contributed by atoms with Crippen LogP contribution >= 0.6 is 0 Å². The summed E-state index contributed by atoms with van der Waals surface area (Å²) >= 11 is 0. The quantitative estimate of drug-likeness (QED) is 0.648. The molecule has 4 N–H and O–H groups in total. The number of amides is 3. The van der Waals surface area contributed by atoms with E-state index in [1.54, 1.807) is 0 Å². The Morgan fingerprint density at radius 2 is 2.00 bits per heavy atom. The van der Waals surface area contributed by atoms with Crippen LogP contribution in [0, 0.1) is 5.82 Å². The van der Waals surface area contributed by atoms with Gasteiger partial charge in [-0.3, -0.25) is 4.79 Å². The molecule has 0 atom stereocenters. The van der Waals surface area contributed by atoms with Gasteiger partial charge >= 0.3 is 12.0 Å². The number of rotatable bonds is 5. The van der Waals surface area contributed by atoms with E-state index >= 15 is 0 Å². The van der Waals surface area contributed by atoms with Crippen LogP contribution < -0.4 is 16.0 Å². The Hall–Kier alpha value is -2.64. The van der Waals surface area contributed by atoms with Gasteiger partial charge in [-0.05, 0) is 31.0 Å². The van der Waals surface area contributed by atoms with Crippen molar-refractivity contribution in [1.29, 1.82) is 0 Å². The van der Waals surface area contributed by atoms with Crippen molar-refractivity contribution in [3.05, 3.63) is 29.6 Å². The molecule has 0 aliphatic heterocycles. The largest absolute Gasteiger partial charge is 0.478 e. The number of urea groups is 1. The van der Waals surface area contributed by atoms with E-state index in [9.17, 15) is 18.8 Å². The lowest BCUT2D eigenvalue weighted by molar-refractivity contribution is -0.120. The van der Waals surface area contributed by atoms with Crippen LogP contribution in [0.5, 0.6) is 0 Å². The second kappa shape index (κ2) is 6.21. The van der Waals surface area contributed by atoms with Crippen molar-refractivity contribution < 1.29 is 23.9 Å². The van der Waals surface area contributed by atoms with Crippen molar-refractivity contribution in [2.75, 3.05) is 11.9 Å². The van der Waals surface area contributed by atoms with E-state index in [1.165, 1.54) is 0 Å². The highest BCUT2D eigenvalue weighted by atomic mass is 19.1. The molecular weight excluding hydrogens is 281 g/mol. The molecule has 0 radical (unpaired) electrons. The molecule has 1 aromatic rings. The summed E-state index contributed by atoms with van der Waals surface area (Å²) in [6.45, 7) is -0.234. The van der Waals surface area contributed by atoms with Crippen molar-refractivity contribution in [2.45, 2.75) is 18.9 Å². The molecule has 0 bridgehead atoms. The van der Waals surface area contributed by atoms with Gasteiger partial charge in [-0.1, -0.05) is 0 Å². The minimum atomic E-state index is -1.23. The molecule has 3 amide bonds. The first-order valence-electron chi connectivity index (χ1n) is 6.33. The highest BCUT2D eigenvalue weighted by Crippen LogP contribution is 2.18. The van der Waals surface area contributed by atoms with Crippen LogP contribution in [-0.2, 0) is 4.79 Å². The average Bonchev–Trinajstić information content (AvgIpc) is 3.22. The maximum Gasteiger partial charge on any atom is 0.335 e. The fourth-order valence-electron chi connectivity index (χ4n) is 1.59. The lowest BCUT2D eigenvalue weighted by atomic mass is 10.2. The first-order valence-corrected chi connectivity index (χ1v) is 6.33. The number of carboxylic acids is 1. The number of aromatic carboxylic acids is 1. The molecule has 0 aromatic heterocycles. The van der Waals surface area contributed by atoms with Crippen molar-refractivity contribution in [3.63, 3.8) is 0 Å². The van der Waals surface area contributed by atoms with E-state index in [-0.39, 0.29) is 29.7 Å². The minimum Gasteiger partial charge on any atom is -0.478 e. The van der Waals surface area contributed by atoms with Crippen LogP contribution in [0.2, 0.25) is 0 Å². The number of carbonyl (C=O) groups excluding carboxylic acids is 2. The number of halogens is 1. The Morgan fingerprint density at radius 3 is 2.62 bits per heavy atom. The number of nitrogens with one attached hydrogen (secondary N) is 3. The van der Waals surface area contributed by atoms with Crippen LogP contribution in [0.1, 0.15) is 23.2 Å². The Morgan fingerprint density at radius 1 is 1.29 bits per heavy atom. The van der Waals surface area contributed by atoms with Crippen LogP contribution in [0.15, 0.2) is 18.2 Å². The SMILES string of the molecule is O=C(CNC(=O)Nc1cc(C(=O)O)ccc1F)NC1CC1. The zero-order valence-corrected chi connectivity index (χ0v) is 11.0. The van der Waals surface area contributed by atoms with Gasteiger partial charge in [0.25, 0.3) is 0 Å². The van der Waals surface area contributed by atoms with Gasteiger partial charge in [0, 0.05) is 6.04 Å². The molecule has 7 nitrogen and oxygen atoms in total. The van der Waals surface area contributed by atoms with Crippen LogP contribution in [-0.4, -0.2) is 35.6 Å². The normalized spacial score (nSPS) is 13.4. The van der Waals surface area contributed by atoms with Gasteiger partial charge in [0.1, 0.15) is 5.82 Å². The molecule has 1 aromatic carbocycles.